The van der Waals surface area contributed by atoms with Gasteiger partial charge in [0.15, 0.2) is 0 Å². The standard InChI is InChI=1S/C13H19NO2/c1-4-6-12(13(15)16)14-11-8-5-7-9(2)10(11)3/h5,7-8,12,14H,4,6H2,1-3H3,(H,15,16)/t12-/m0/s1. The third-order valence-corrected chi connectivity index (χ3v) is 2.81. The van der Waals surface area contributed by atoms with Gasteiger partial charge in [-0.2, -0.15) is 0 Å². The maximum atomic E-state index is 11.0. The summed E-state index contributed by atoms with van der Waals surface area (Å²) in [5.74, 6) is -0.789. The number of carbonyl (C=O) groups is 1. The number of carboxylic acid groups (broad SMARTS) is 1. The molecule has 0 aromatic heterocycles. The van der Waals surface area contributed by atoms with Gasteiger partial charge in [0.05, 0.1) is 0 Å². The molecule has 3 heteroatoms. The lowest BCUT2D eigenvalue weighted by molar-refractivity contribution is -0.138. The molecule has 0 saturated carbocycles. The fraction of sp³-hybridized carbons (Fsp3) is 0.462. The van der Waals surface area contributed by atoms with Gasteiger partial charge in [0.25, 0.3) is 0 Å². The van der Waals surface area contributed by atoms with Crippen molar-refractivity contribution in [2.45, 2.75) is 39.7 Å². The van der Waals surface area contributed by atoms with E-state index in [0.29, 0.717) is 6.42 Å². The molecule has 1 atom stereocenters. The highest BCUT2D eigenvalue weighted by Crippen LogP contribution is 2.19. The van der Waals surface area contributed by atoms with E-state index in [1.807, 2.05) is 39.0 Å². The fourth-order valence-corrected chi connectivity index (χ4v) is 1.64. The number of benzene rings is 1. The van der Waals surface area contributed by atoms with E-state index in [1.54, 1.807) is 0 Å². The number of rotatable bonds is 5. The third kappa shape index (κ3) is 2.99. The fourth-order valence-electron chi connectivity index (χ4n) is 1.64. The molecule has 0 amide bonds. The molecule has 0 aliphatic rings. The summed E-state index contributed by atoms with van der Waals surface area (Å²) < 4.78 is 0. The van der Waals surface area contributed by atoms with Gasteiger partial charge in [-0.05, 0) is 37.5 Å². The highest BCUT2D eigenvalue weighted by molar-refractivity contribution is 5.77. The first kappa shape index (κ1) is 12.6. The van der Waals surface area contributed by atoms with Gasteiger partial charge < -0.3 is 10.4 Å². The molecule has 0 spiro atoms. The van der Waals surface area contributed by atoms with Crippen molar-refractivity contribution in [3.8, 4) is 0 Å². The lowest BCUT2D eigenvalue weighted by Gasteiger charge is -2.17. The van der Waals surface area contributed by atoms with Gasteiger partial charge in [-0.1, -0.05) is 25.5 Å². The Bertz CT molecular complexity index is 374. The van der Waals surface area contributed by atoms with E-state index < -0.39 is 12.0 Å². The molecule has 0 unspecified atom stereocenters. The van der Waals surface area contributed by atoms with Gasteiger partial charge in [-0.3, -0.25) is 0 Å². The number of aryl methyl sites for hydroxylation is 1. The second-order valence-corrected chi connectivity index (χ2v) is 4.07. The maximum Gasteiger partial charge on any atom is 0.326 e. The van der Waals surface area contributed by atoms with Crippen molar-refractivity contribution >= 4 is 11.7 Å². The lowest BCUT2D eigenvalue weighted by Crippen LogP contribution is -2.29. The smallest absolute Gasteiger partial charge is 0.326 e. The molecule has 0 radical (unpaired) electrons. The van der Waals surface area contributed by atoms with Gasteiger partial charge in [0.1, 0.15) is 6.04 Å². The Labute approximate surface area is 96.5 Å². The summed E-state index contributed by atoms with van der Waals surface area (Å²) in [7, 11) is 0. The van der Waals surface area contributed by atoms with Crippen LogP contribution in [-0.2, 0) is 4.79 Å². The monoisotopic (exact) mass is 221 g/mol. The van der Waals surface area contributed by atoms with Gasteiger partial charge >= 0.3 is 5.97 Å². The topological polar surface area (TPSA) is 49.3 Å². The zero-order chi connectivity index (χ0) is 12.1. The first-order valence-corrected chi connectivity index (χ1v) is 5.61. The molecular weight excluding hydrogens is 202 g/mol. The summed E-state index contributed by atoms with van der Waals surface area (Å²) in [4.78, 5) is 11.0. The number of aliphatic carboxylic acids is 1. The van der Waals surface area contributed by atoms with Crippen LogP contribution < -0.4 is 5.32 Å². The average molecular weight is 221 g/mol. The van der Waals surface area contributed by atoms with Gasteiger partial charge in [0.2, 0.25) is 0 Å². The Balaban J connectivity index is 2.85. The first-order chi connectivity index (χ1) is 7.56. The molecule has 16 heavy (non-hydrogen) atoms. The van der Waals surface area contributed by atoms with Crippen LogP contribution in [0.1, 0.15) is 30.9 Å². The SMILES string of the molecule is CCC[C@H](Nc1cccc(C)c1C)C(=O)O. The van der Waals surface area contributed by atoms with Crippen LogP contribution in [-0.4, -0.2) is 17.1 Å². The van der Waals surface area contributed by atoms with E-state index in [0.717, 1.165) is 17.7 Å². The molecule has 1 aromatic carbocycles. The van der Waals surface area contributed by atoms with Crippen LogP contribution in [0.4, 0.5) is 5.69 Å². The molecule has 88 valence electrons. The Morgan fingerprint density at radius 1 is 1.44 bits per heavy atom. The predicted molar refractivity (Wildman–Crippen MR) is 65.9 cm³/mol. The molecule has 2 N–H and O–H groups in total. The van der Waals surface area contributed by atoms with Crippen LogP contribution in [0.15, 0.2) is 18.2 Å². The number of anilines is 1. The van der Waals surface area contributed by atoms with Crippen molar-refractivity contribution in [1.82, 2.24) is 0 Å². The summed E-state index contributed by atoms with van der Waals surface area (Å²) in [5, 5.41) is 12.2. The number of carboxylic acids is 1. The second kappa shape index (κ2) is 5.54. The third-order valence-electron chi connectivity index (χ3n) is 2.81. The van der Waals surface area contributed by atoms with Crippen molar-refractivity contribution < 1.29 is 9.90 Å². The summed E-state index contributed by atoms with van der Waals surface area (Å²) in [6.45, 7) is 6.01. The Hall–Kier alpha value is -1.51. The molecule has 1 rings (SSSR count). The molecule has 0 aliphatic carbocycles. The number of hydrogen-bond donors (Lipinski definition) is 2. The largest absolute Gasteiger partial charge is 0.480 e. The molecular formula is C13H19NO2. The molecule has 0 heterocycles. The van der Waals surface area contributed by atoms with Gasteiger partial charge in [-0.15, -0.1) is 0 Å². The Morgan fingerprint density at radius 2 is 2.12 bits per heavy atom. The summed E-state index contributed by atoms with van der Waals surface area (Å²) in [5.41, 5.74) is 3.20. The van der Waals surface area contributed by atoms with Crippen LogP contribution >= 0.6 is 0 Å². The quantitative estimate of drug-likeness (QED) is 0.803. The molecule has 0 fully saturated rings. The van der Waals surface area contributed by atoms with Crippen LogP contribution in [0.5, 0.6) is 0 Å². The highest BCUT2D eigenvalue weighted by atomic mass is 16.4. The normalized spacial score (nSPS) is 12.2. The van der Waals surface area contributed by atoms with E-state index in [1.165, 1.54) is 5.56 Å². The van der Waals surface area contributed by atoms with Crippen LogP contribution in [0, 0.1) is 13.8 Å². The Morgan fingerprint density at radius 3 is 2.69 bits per heavy atom. The van der Waals surface area contributed by atoms with Crippen molar-refractivity contribution in [1.29, 1.82) is 0 Å². The van der Waals surface area contributed by atoms with Gasteiger partial charge in [0, 0.05) is 5.69 Å². The number of nitrogens with one attached hydrogen (secondary N) is 1. The van der Waals surface area contributed by atoms with Crippen molar-refractivity contribution in [2.75, 3.05) is 5.32 Å². The molecule has 3 nitrogen and oxygen atoms in total. The summed E-state index contributed by atoms with van der Waals surface area (Å²) >= 11 is 0. The van der Waals surface area contributed by atoms with E-state index in [4.69, 9.17) is 5.11 Å². The predicted octanol–water partition coefficient (Wildman–Crippen LogP) is 2.97. The van der Waals surface area contributed by atoms with E-state index in [9.17, 15) is 4.79 Å². The van der Waals surface area contributed by atoms with E-state index in [2.05, 4.69) is 5.32 Å². The first-order valence-electron chi connectivity index (χ1n) is 5.61. The molecule has 1 aromatic rings. The van der Waals surface area contributed by atoms with E-state index >= 15 is 0 Å². The zero-order valence-corrected chi connectivity index (χ0v) is 10.1. The molecule has 0 bridgehead atoms. The van der Waals surface area contributed by atoms with Crippen LogP contribution in [0.25, 0.3) is 0 Å². The maximum absolute atomic E-state index is 11.0. The van der Waals surface area contributed by atoms with Crippen LogP contribution in [0.3, 0.4) is 0 Å². The molecule has 0 saturated heterocycles. The highest BCUT2D eigenvalue weighted by Gasteiger charge is 2.16. The minimum absolute atomic E-state index is 0.495. The number of hydrogen-bond acceptors (Lipinski definition) is 2. The average Bonchev–Trinajstić information content (AvgIpc) is 2.23. The molecule has 0 aliphatic heterocycles. The van der Waals surface area contributed by atoms with Gasteiger partial charge in [-0.25, -0.2) is 4.79 Å². The summed E-state index contributed by atoms with van der Waals surface area (Å²) in [6, 6.07) is 5.39. The lowest BCUT2D eigenvalue weighted by atomic mass is 10.1. The van der Waals surface area contributed by atoms with Crippen molar-refractivity contribution in [3.63, 3.8) is 0 Å². The minimum Gasteiger partial charge on any atom is -0.480 e. The van der Waals surface area contributed by atoms with Crippen molar-refractivity contribution in [3.05, 3.63) is 29.3 Å². The van der Waals surface area contributed by atoms with E-state index in [-0.39, 0.29) is 0 Å². The van der Waals surface area contributed by atoms with Crippen LogP contribution in [0.2, 0.25) is 0 Å². The van der Waals surface area contributed by atoms with Crippen molar-refractivity contribution in [2.24, 2.45) is 0 Å². The zero-order valence-electron chi connectivity index (χ0n) is 10.1. The minimum atomic E-state index is -0.789. The second-order valence-electron chi connectivity index (χ2n) is 4.07. The Kier molecular flexibility index (Phi) is 4.35. The summed E-state index contributed by atoms with van der Waals surface area (Å²) in [6.07, 6.45) is 1.50.